The van der Waals surface area contributed by atoms with Crippen LogP contribution < -0.4 is 0 Å². The van der Waals surface area contributed by atoms with E-state index in [1.165, 1.54) is 10.2 Å². The third-order valence-corrected chi connectivity index (χ3v) is 0. The lowest BCUT2D eigenvalue weighted by Gasteiger charge is -1.04. The van der Waals surface area contributed by atoms with Gasteiger partial charge >= 0.3 is 9.29 Å². The van der Waals surface area contributed by atoms with Crippen molar-refractivity contribution in [2.24, 2.45) is 0 Å². The molecule has 0 aliphatic carbocycles. The molecule has 0 heterocycles. The molecule has 4 nitrogen and oxygen atoms in total. The molecule has 0 fully saturated rings. The summed E-state index contributed by atoms with van der Waals surface area (Å²) in [6, 6.07) is 0. The molecule has 0 saturated carbocycles. The van der Waals surface area contributed by atoms with Gasteiger partial charge in [-0.15, -0.1) is 13.2 Å². The second-order valence-corrected chi connectivity index (χ2v) is 0.250. The Kier molecular flexibility index (Phi) is 53400. The van der Waals surface area contributed by atoms with E-state index in [0.717, 1.165) is 0 Å². The first-order valence-corrected chi connectivity index (χ1v) is 6.46. The molecule has 0 aromatic heterocycles. The van der Waals surface area contributed by atoms with Gasteiger partial charge in [0.25, 0.3) is 0 Å². The maximum absolute atomic E-state index is 8.40. The van der Waals surface area contributed by atoms with Crippen molar-refractivity contribution < 1.29 is 17.8 Å². The minimum absolute atomic E-state index is 0. The molecule has 0 aliphatic heterocycles. The van der Waals surface area contributed by atoms with Crippen molar-refractivity contribution >= 4 is 39.8 Å². The molecule has 0 amide bonds. The summed E-state index contributed by atoms with van der Waals surface area (Å²) in [7, 11) is 1.11. The van der Waals surface area contributed by atoms with Crippen LogP contribution in [0.2, 0.25) is 6.55 Å². The van der Waals surface area contributed by atoms with Gasteiger partial charge < -0.3 is 8.92 Å². The molecule has 0 rings (SSSR count). The summed E-state index contributed by atoms with van der Waals surface area (Å²) < 4.78 is 33.4. The molecule has 0 bridgehead atoms. The van der Waals surface area contributed by atoms with Gasteiger partial charge in [-0.3, -0.25) is 8.92 Å². The standard InChI is InChI=1S/C2H4.CH6Si.7CH4.O2Si.2H2OSi/c2*1-2;;;;;;;;1-3-2;2*1-2/h1-2H2;1-2H3;7*1H4;;2*2H2. The van der Waals surface area contributed by atoms with Crippen LogP contribution in [0.15, 0.2) is 13.2 Å². The second-order valence-electron chi connectivity index (χ2n) is 0.0833. The van der Waals surface area contributed by atoms with Crippen LogP contribution >= 0.6 is 0 Å². The first kappa shape index (κ1) is 149. The van der Waals surface area contributed by atoms with Crippen LogP contribution in [0.3, 0.4) is 0 Å². The highest BCUT2D eigenvalue weighted by molar-refractivity contribution is 6.05. The van der Waals surface area contributed by atoms with Gasteiger partial charge in [-0.05, 0) is 10.2 Å². The molecule has 122 valence electrons. The normalized spacial score (nSPS) is 1.61. The minimum atomic E-state index is -1.42. The Morgan fingerprint density at radius 1 is 0.667 bits per heavy atom. The summed E-state index contributed by atoms with van der Waals surface area (Å²) in [5, 5.41) is 0. The van der Waals surface area contributed by atoms with Crippen LogP contribution in [0, 0.1) is 0 Å². The fourth-order valence-electron chi connectivity index (χ4n) is 0. The number of hydrogen-bond donors (Lipinski definition) is 0. The van der Waals surface area contributed by atoms with Crippen molar-refractivity contribution in [1.29, 1.82) is 0 Å². The minimum Gasteiger partial charge on any atom is -0.396 e. The van der Waals surface area contributed by atoms with E-state index in [2.05, 4.69) is 19.7 Å². The van der Waals surface area contributed by atoms with Gasteiger partial charge in [-0.2, -0.15) is 0 Å². The Hall–Kier alpha value is -0.192. The van der Waals surface area contributed by atoms with Crippen LogP contribution in [-0.4, -0.2) is 39.8 Å². The van der Waals surface area contributed by atoms with E-state index in [4.69, 9.17) is 17.8 Å². The Bertz CT molecular complexity index is 68.1. The Balaban J connectivity index is -0.00000000230. The van der Waals surface area contributed by atoms with Gasteiger partial charge in [-0.25, -0.2) is 0 Å². The van der Waals surface area contributed by atoms with Crippen molar-refractivity contribution in [2.75, 3.05) is 0 Å². The SMILES string of the molecule is C.C.C.C.C.C.C.C=C.C[SiH3].O=[SiH2].O=[SiH2].O=[Si]=O. The highest BCUT2D eigenvalue weighted by Crippen LogP contribution is 0.961. The maximum Gasteiger partial charge on any atom is 0.549 e. The van der Waals surface area contributed by atoms with Crippen LogP contribution in [0.5, 0.6) is 0 Å². The Morgan fingerprint density at radius 3 is 0.667 bits per heavy atom. The van der Waals surface area contributed by atoms with E-state index in [1.807, 2.05) is 0 Å². The van der Waals surface area contributed by atoms with Crippen molar-refractivity contribution in [2.45, 2.75) is 58.5 Å². The van der Waals surface area contributed by atoms with Crippen molar-refractivity contribution in [1.82, 2.24) is 0 Å². The zero-order valence-electron chi connectivity index (χ0n) is 6.96. The average molecular weight is 339 g/mol. The predicted molar refractivity (Wildman–Crippen MR) is 99.8 cm³/mol. The Morgan fingerprint density at radius 2 is 0.667 bits per heavy atom. The summed E-state index contributed by atoms with van der Waals surface area (Å²) in [4.78, 5) is 0. The summed E-state index contributed by atoms with van der Waals surface area (Å²) in [6.07, 6.45) is 0. The average Bonchev–Trinajstić information content (AvgIpc) is 2.18. The van der Waals surface area contributed by atoms with Crippen LogP contribution in [-0.2, 0) is 17.8 Å². The lowest BCUT2D eigenvalue weighted by atomic mass is 11.3. The van der Waals surface area contributed by atoms with E-state index in [9.17, 15) is 0 Å². The van der Waals surface area contributed by atoms with E-state index in [0.29, 0.717) is 20.3 Å². The van der Waals surface area contributed by atoms with Crippen molar-refractivity contribution in [3.63, 3.8) is 0 Å². The summed E-state index contributed by atoms with van der Waals surface area (Å²) in [5.74, 6) is 0. The lowest BCUT2D eigenvalue weighted by Crippen LogP contribution is -1.26. The largest absolute Gasteiger partial charge is 0.549 e. The molecule has 0 radical (unpaired) electrons. The van der Waals surface area contributed by atoms with Gasteiger partial charge in [-0.1, -0.05) is 58.5 Å². The first-order chi connectivity index (χ1) is 5.41. The fourth-order valence-corrected chi connectivity index (χ4v) is 0. The molecule has 0 spiro atoms. The van der Waals surface area contributed by atoms with Crippen molar-refractivity contribution in [3.05, 3.63) is 13.2 Å². The monoisotopic (exact) mass is 338 g/mol. The molecule has 0 unspecified atom stereocenters. The topological polar surface area (TPSA) is 68.3 Å². The molecule has 0 aliphatic rings. The lowest BCUT2D eigenvalue weighted by molar-refractivity contribution is 0.497. The van der Waals surface area contributed by atoms with E-state index in [-0.39, 0.29) is 52.0 Å². The van der Waals surface area contributed by atoms with Gasteiger partial charge in [0.05, 0.1) is 0 Å². The maximum atomic E-state index is 8.40. The highest BCUT2D eigenvalue weighted by atomic mass is 28.2. The molecule has 0 N–H and O–H groups in total. The van der Waals surface area contributed by atoms with Crippen LogP contribution in [0.25, 0.3) is 0 Å². The van der Waals surface area contributed by atoms with Gasteiger partial charge in [0.1, 0.15) is 0 Å². The molecule has 8 heteroatoms. The van der Waals surface area contributed by atoms with E-state index >= 15 is 0 Å². The third kappa shape index (κ3) is 93600. The predicted octanol–water partition coefficient (Wildman–Crippen LogP) is 1.97. The molecule has 0 aromatic carbocycles. The van der Waals surface area contributed by atoms with Gasteiger partial charge in [0.2, 0.25) is 20.3 Å². The van der Waals surface area contributed by atoms with Crippen LogP contribution in [0.1, 0.15) is 52.0 Å². The number of hydrogen-bond acceptors (Lipinski definition) is 4. The molecule has 0 atom stereocenters. The van der Waals surface area contributed by atoms with Crippen LogP contribution in [0.4, 0.5) is 0 Å². The van der Waals surface area contributed by atoms with Crippen molar-refractivity contribution in [3.8, 4) is 0 Å². The molecule has 0 aromatic rings. The summed E-state index contributed by atoms with van der Waals surface area (Å²) >= 11 is 0. The molecular weight excluding hydrogens is 296 g/mol. The van der Waals surface area contributed by atoms with E-state index in [1.54, 1.807) is 0 Å². The second kappa shape index (κ2) is 6440. The number of rotatable bonds is 0. The fraction of sp³-hybridized carbons (Fsp3) is 0.800. The summed E-state index contributed by atoms with van der Waals surface area (Å²) in [5.41, 5.74) is 0. The van der Waals surface area contributed by atoms with Gasteiger partial charge in [0, 0.05) is 0 Å². The van der Waals surface area contributed by atoms with Gasteiger partial charge in [0.15, 0.2) is 0 Å². The zero-order valence-corrected chi connectivity index (χ0v) is 12.8. The molecule has 18 heavy (non-hydrogen) atoms. The Labute approximate surface area is 129 Å². The smallest absolute Gasteiger partial charge is 0.396 e. The van der Waals surface area contributed by atoms with E-state index < -0.39 is 9.29 Å². The first-order valence-electron chi connectivity index (χ1n) is 2.49. The molecule has 0 saturated heterocycles. The quantitative estimate of drug-likeness (QED) is 0.500. The summed E-state index contributed by atoms with van der Waals surface area (Å²) in [6.45, 7) is 8.14. The zero-order chi connectivity index (χ0) is 10.7. The molecular formula is C10H42O4Si4. The third-order valence-electron chi connectivity index (χ3n) is 0. The highest BCUT2D eigenvalue weighted by Gasteiger charge is 1.22.